The first-order valence-electron chi connectivity index (χ1n) is 11.6. The summed E-state index contributed by atoms with van der Waals surface area (Å²) in [6.45, 7) is 1.84. The van der Waals surface area contributed by atoms with Gasteiger partial charge in [0, 0.05) is 13.1 Å². The Morgan fingerprint density at radius 2 is 1.88 bits per heavy atom. The number of carbonyl (C=O) groups excluding carboxylic acids is 1. The molecular formula is C26H31N5O2S. The predicted molar refractivity (Wildman–Crippen MR) is 137 cm³/mol. The molecule has 0 saturated carbocycles. The van der Waals surface area contributed by atoms with Gasteiger partial charge in [0.15, 0.2) is 5.11 Å². The standard InChI is InChI=1S/C26H31N5O2S/c1-33-21-12-10-19(11-13-21)18-31-23(16-24(32)30(26(31)34)15-7-3-6-14-27)25-28-17-22(29-25)20-8-4-2-5-9-20/h2,4-5,8-13,17,23H,3,6-7,14-16,18,27H2,1H3,(H,28,29). The Bertz CT molecular complexity index is 1100. The van der Waals surface area contributed by atoms with Gasteiger partial charge in [-0.25, -0.2) is 4.98 Å². The number of nitrogens with zero attached hydrogens (tertiary/aromatic N) is 3. The molecule has 8 heteroatoms. The van der Waals surface area contributed by atoms with Gasteiger partial charge in [0.25, 0.3) is 0 Å². The lowest BCUT2D eigenvalue weighted by molar-refractivity contribution is -0.131. The van der Waals surface area contributed by atoms with Crippen LogP contribution < -0.4 is 10.5 Å². The minimum absolute atomic E-state index is 0.0337. The van der Waals surface area contributed by atoms with E-state index in [1.54, 1.807) is 12.0 Å². The van der Waals surface area contributed by atoms with Crippen molar-refractivity contribution in [2.45, 2.75) is 38.3 Å². The van der Waals surface area contributed by atoms with Gasteiger partial charge in [-0.15, -0.1) is 0 Å². The van der Waals surface area contributed by atoms with Gasteiger partial charge in [0.2, 0.25) is 5.91 Å². The molecule has 1 saturated heterocycles. The Hall–Kier alpha value is -3.23. The summed E-state index contributed by atoms with van der Waals surface area (Å²) in [5.74, 6) is 1.58. The smallest absolute Gasteiger partial charge is 0.231 e. The fraction of sp³-hybridized carbons (Fsp3) is 0.346. The van der Waals surface area contributed by atoms with Crippen molar-refractivity contribution in [1.29, 1.82) is 0 Å². The maximum absolute atomic E-state index is 13.1. The van der Waals surface area contributed by atoms with Crippen molar-refractivity contribution in [3.8, 4) is 17.0 Å². The number of ether oxygens (including phenoxy) is 1. The van der Waals surface area contributed by atoms with E-state index in [1.165, 1.54) is 0 Å². The second kappa shape index (κ2) is 11.3. The first-order valence-corrected chi connectivity index (χ1v) is 12.1. The molecular weight excluding hydrogens is 446 g/mol. The molecule has 7 nitrogen and oxygen atoms in total. The minimum atomic E-state index is -0.264. The third-order valence-corrected chi connectivity index (χ3v) is 6.57. The molecule has 0 bridgehead atoms. The van der Waals surface area contributed by atoms with Crippen molar-refractivity contribution in [3.05, 3.63) is 72.2 Å². The van der Waals surface area contributed by atoms with Crippen LogP contribution in [0.15, 0.2) is 60.8 Å². The number of hydrogen-bond acceptors (Lipinski definition) is 5. The first kappa shape index (κ1) is 23.9. The molecule has 34 heavy (non-hydrogen) atoms. The normalized spacial score (nSPS) is 16.2. The number of carbonyl (C=O) groups is 1. The van der Waals surface area contributed by atoms with Crippen molar-refractivity contribution < 1.29 is 9.53 Å². The zero-order chi connectivity index (χ0) is 23.9. The number of aromatic nitrogens is 2. The number of H-pyrrole nitrogens is 1. The summed E-state index contributed by atoms with van der Waals surface area (Å²) in [6, 6.07) is 17.7. The van der Waals surface area contributed by atoms with Crippen LogP contribution in [0, 0.1) is 0 Å². The maximum Gasteiger partial charge on any atom is 0.231 e. The summed E-state index contributed by atoms with van der Waals surface area (Å²) in [5.41, 5.74) is 8.68. The summed E-state index contributed by atoms with van der Waals surface area (Å²) in [5, 5.41) is 0.544. The quantitative estimate of drug-likeness (QED) is 0.335. The number of benzene rings is 2. The number of rotatable bonds is 10. The van der Waals surface area contributed by atoms with Gasteiger partial charge in [0.1, 0.15) is 11.6 Å². The molecule has 3 N–H and O–H groups in total. The number of thiocarbonyl (C=S) groups is 1. The lowest BCUT2D eigenvalue weighted by atomic mass is 10.1. The third kappa shape index (κ3) is 5.46. The van der Waals surface area contributed by atoms with Gasteiger partial charge in [-0.3, -0.25) is 9.69 Å². The number of amides is 1. The number of imidazole rings is 1. The molecule has 4 rings (SSSR count). The van der Waals surface area contributed by atoms with Crippen LogP contribution in [0.25, 0.3) is 11.3 Å². The molecule has 1 aliphatic rings. The number of methoxy groups -OCH3 is 1. The van der Waals surface area contributed by atoms with Crippen LogP contribution in [-0.2, 0) is 11.3 Å². The summed E-state index contributed by atoms with van der Waals surface area (Å²) >= 11 is 5.87. The van der Waals surface area contributed by atoms with E-state index in [-0.39, 0.29) is 11.9 Å². The molecule has 1 unspecified atom stereocenters. The molecule has 1 aliphatic heterocycles. The highest BCUT2D eigenvalue weighted by Gasteiger charge is 2.38. The molecule has 1 fully saturated rings. The fourth-order valence-corrected chi connectivity index (χ4v) is 4.60. The summed E-state index contributed by atoms with van der Waals surface area (Å²) in [6.07, 6.45) is 4.94. The number of nitrogens with one attached hydrogen (secondary N) is 1. The van der Waals surface area contributed by atoms with Gasteiger partial charge < -0.3 is 20.4 Å². The molecule has 178 valence electrons. The van der Waals surface area contributed by atoms with E-state index in [1.807, 2.05) is 60.8 Å². The molecule has 0 radical (unpaired) electrons. The maximum atomic E-state index is 13.1. The van der Waals surface area contributed by atoms with E-state index in [2.05, 4.69) is 14.9 Å². The van der Waals surface area contributed by atoms with Gasteiger partial charge >= 0.3 is 0 Å². The average molecular weight is 478 g/mol. The van der Waals surface area contributed by atoms with Crippen molar-refractivity contribution in [1.82, 2.24) is 19.8 Å². The molecule has 2 heterocycles. The number of unbranched alkanes of at least 4 members (excludes halogenated alkanes) is 2. The Balaban J connectivity index is 1.60. The van der Waals surface area contributed by atoms with E-state index >= 15 is 0 Å². The van der Waals surface area contributed by atoms with Crippen LogP contribution in [0.4, 0.5) is 0 Å². The van der Waals surface area contributed by atoms with Crippen LogP contribution in [0.2, 0.25) is 0 Å². The van der Waals surface area contributed by atoms with Gasteiger partial charge in [0.05, 0.1) is 31.5 Å². The third-order valence-electron chi connectivity index (χ3n) is 6.12. The monoisotopic (exact) mass is 477 g/mol. The molecule has 0 spiro atoms. The van der Waals surface area contributed by atoms with Crippen molar-refractivity contribution in [2.75, 3.05) is 20.2 Å². The van der Waals surface area contributed by atoms with E-state index in [0.29, 0.717) is 31.2 Å². The van der Waals surface area contributed by atoms with Crippen LogP contribution >= 0.6 is 12.2 Å². The highest BCUT2D eigenvalue weighted by Crippen LogP contribution is 2.32. The highest BCUT2D eigenvalue weighted by molar-refractivity contribution is 7.80. The van der Waals surface area contributed by atoms with Crippen LogP contribution in [0.1, 0.15) is 43.1 Å². The molecule has 1 aromatic heterocycles. The first-order chi connectivity index (χ1) is 16.6. The number of nitrogens with two attached hydrogens (primary N) is 1. The summed E-state index contributed by atoms with van der Waals surface area (Å²) in [4.78, 5) is 25.1. The second-order valence-corrected chi connectivity index (χ2v) is 8.79. The van der Waals surface area contributed by atoms with Gasteiger partial charge in [-0.1, -0.05) is 48.9 Å². The zero-order valence-corrected chi connectivity index (χ0v) is 20.3. The lowest BCUT2D eigenvalue weighted by Crippen LogP contribution is -2.53. The van der Waals surface area contributed by atoms with Crippen LogP contribution in [0.5, 0.6) is 5.75 Å². The Labute approximate surface area is 205 Å². The van der Waals surface area contributed by atoms with Crippen LogP contribution in [0.3, 0.4) is 0 Å². The van der Waals surface area contributed by atoms with E-state index in [4.69, 9.17) is 22.7 Å². The summed E-state index contributed by atoms with van der Waals surface area (Å²) < 4.78 is 5.29. The molecule has 0 aliphatic carbocycles. The molecule has 1 atom stereocenters. The van der Waals surface area contributed by atoms with Crippen molar-refractivity contribution >= 4 is 23.2 Å². The van der Waals surface area contributed by atoms with E-state index < -0.39 is 0 Å². The van der Waals surface area contributed by atoms with Gasteiger partial charge in [-0.2, -0.15) is 0 Å². The van der Waals surface area contributed by atoms with E-state index in [9.17, 15) is 4.79 Å². The largest absolute Gasteiger partial charge is 0.497 e. The van der Waals surface area contributed by atoms with Crippen LogP contribution in [-0.4, -0.2) is 51.0 Å². The highest BCUT2D eigenvalue weighted by atomic mass is 32.1. The topological polar surface area (TPSA) is 87.5 Å². The average Bonchev–Trinajstić information content (AvgIpc) is 3.36. The van der Waals surface area contributed by atoms with E-state index in [0.717, 1.165) is 47.7 Å². The SMILES string of the molecule is COc1ccc(CN2C(=S)N(CCCCCN)C(=O)CC2c2ncc(-c3ccccc3)[nH]2)cc1. The molecule has 3 aromatic rings. The minimum Gasteiger partial charge on any atom is -0.497 e. The Morgan fingerprint density at radius 3 is 2.59 bits per heavy atom. The lowest BCUT2D eigenvalue weighted by Gasteiger charge is -2.42. The number of hydrogen-bond donors (Lipinski definition) is 2. The predicted octanol–water partition coefficient (Wildman–Crippen LogP) is 4.27. The van der Waals surface area contributed by atoms with Crippen molar-refractivity contribution in [3.63, 3.8) is 0 Å². The molecule has 2 aromatic carbocycles. The zero-order valence-electron chi connectivity index (χ0n) is 19.4. The second-order valence-electron chi connectivity index (χ2n) is 8.42. The van der Waals surface area contributed by atoms with Crippen molar-refractivity contribution in [2.24, 2.45) is 5.73 Å². The fourth-order valence-electron chi connectivity index (χ4n) is 4.21. The Morgan fingerprint density at radius 1 is 1.12 bits per heavy atom. The van der Waals surface area contributed by atoms with Gasteiger partial charge in [-0.05, 0) is 54.9 Å². The number of aromatic amines is 1. The molecule has 1 amide bonds. The Kier molecular flexibility index (Phi) is 7.92. The summed E-state index contributed by atoms with van der Waals surface area (Å²) in [7, 11) is 1.65.